The van der Waals surface area contributed by atoms with Gasteiger partial charge in [0.15, 0.2) is 0 Å². The van der Waals surface area contributed by atoms with E-state index in [1.165, 1.54) is 14.1 Å². The second kappa shape index (κ2) is 9.21. The van der Waals surface area contributed by atoms with Crippen molar-refractivity contribution >= 4 is 51.8 Å². The molecule has 0 saturated heterocycles. The molecule has 0 spiro atoms. The Hall–Kier alpha value is -0.690. The zero-order valence-corrected chi connectivity index (χ0v) is 19.3. The number of aryl methyl sites for hydroxylation is 2. The lowest BCUT2D eigenvalue weighted by Crippen LogP contribution is -2.20. The maximum absolute atomic E-state index is 12.5. The van der Waals surface area contributed by atoms with Crippen molar-refractivity contribution in [3.05, 3.63) is 59.7 Å². The molecular weight excluding hydrogens is 445 g/mol. The molecule has 0 N–H and O–H groups in total. The van der Waals surface area contributed by atoms with Crippen LogP contribution in [0.25, 0.3) is 0 Å². The lowest BCUT2D eigenvalue weighted by molar-refractivity contribution is 0.564. The van der Waals surface area contributed by atoms with Gasteiger partial charge in [-0.25, -0.2) is 16.8 Å². The summed E-state index contributed by atoms with van der Waals surface area (Å²) in [5.74, 6) is 0. The van der Waals surface area contributed by atoms with Crippen molar-refractivity contribution in [1.82, 2.24) is 7.42 Å². The van der Waals surface area contributed by atoms with E-state index in [4.69, 9.17) is 0 Å². The minimum Gasteiger partial charge on any atom is -0.206 e. The van der Waals surface area contributed by atoms with Gasteiger partial charge in [0.05, 0.1) is 9.79 Å². The molecule has 0 aromatic heterocycles. The van der Waals surface area contributed by atoms with Crippen LogP contribution >= 0.6 is 31.8 Å². The number of sulfonamides is 2. The van der Waals surface area contributed by atoms with Crippen LogP contribution in [0.3, 0.4) is 0 Å². The van der Waals surface area contributed by atoms with Crippen molar-refractivity contribution in [3.63, 3.8) is 0 Å². The van der Waals surface area contributed by atoms with Gasteiger partial charge in [-0.15, -0.1) is 7.42 Å². The highest BCUT2D eigenvalue weighted by molar-refractivity contribution is 9.09. The van der Waals surface area contributed by atoms with Crippen LogP contribution in [-0.4, -0.2) is 38.4 Å². The maximum atomic E-state index is 12.5. The first-order valence-corrected chi connectivity index (χ1v) is 14.0. The number of benzene rings is 2. The molecular formula is C16H20N2O4S5. The van der Waals surface area contributed by atoms with Gasteiger partial charge < -0.3 is 0 Å². The van der Waals surface area contributed by atoms with Gasteiger partial charge in [-0.05, 0) is 38.1 Å². The van der Waals surface area contributed by atoms with Crippen molar-refractivity contribution in [2.45, 2.75) is 23.6 Å². The van der Waals surface area contributed by atoms with Crippen LogP contribution in [-0.2, 0) is 20.0 Å². The summed E-state index contributed by atoms with van der Waals surface area (Å²) in [6.07, 6.45) is 0. The highest BCUT2D eigenvalue weighted by atomic mass is 33.5. The van der Waals surface area contributed by atoms with E-state index in [-0.39, 0.29) is 9.79 Å². The molecule has 0 fully saturated rings. The summed E-state index contributed by atoms with van der Waals surface area (Å²) >= 11 is 0. The standard InChI is InChI=1S/C16H20N2O4S5/c1-13-5-9-15(10-6-13)26(19,20)17(3)23-25-24-18(4)27(21,22)16-11-7-14(2)8-12-16/h5-12H,1-4H3. The highest BCUT2D eigenvalue weighted by Gasteiger charge is 2.25. The summed E-state index contributed by atoms with van der Waals surface area (Å²) < 4.78 is 52.3. The first-order valence-electron chi connectivity index (χ1n) is 7.68. The van der Waals surface area contributed by atoms with Crippen LogP contribution in [0.15, 0.2) is 58.3 Å². The molecule has 0 unspecified atom stereocenters. The fourth-order valence-corrected chi connectivity index (χ4v) is 9.97. The third kappa shape index (κ3) is 5.66. The van der Waals surface area contributed by atoms with Crippen LogP contribution in [0.2, 0.25) is 0 Å². The zero-order valence-electron chi connectivity index (χ0n) is 15.2. The quantitative estimate of drug-likeness (QED) is 0.430. The third-order valence-electron chi connectivity index (χ3n) is 3.59. The van der Waals surface area contributed by atoms with E-state index in [2.05, 4.69) is 0 Å². The van der Waals surface area contributed by atoms with Gasteiger partial charge in [0, 0.05) is 45.9 Å². The predicted molar refractivity (Wildman–Crippen MR) is 115 cm³/mol. The Kier molecular flexibility index (Phi) is 7.70. The molecule has 0 aliphatic carbocycles. The van der Waals surface area contributed by atoms with Gasteiger partial charge in [0.25, 0.3) is 20.0 Å². The molecule has 27 heavy (non-hydrogen) atoms. The Balaban J connectivity index is 1.98. The van der Waals surface area contributed by atoms with Gasteiger partial charge >= 0.3 is 0 Å². The smallest absolute Gasteiger partial charge is 0.206 e. The molecule has 0 amide bonds. The molecule has 0 heterocycles. The van der Waals surface area contributed by atoms with E-state index in [0.717, 1.165) is 50.3 Å². The monoisotopic (exact) mass is 464 g/mol. The van der Waals surface area contributed by atoms with Crippen molar-refractivity contribution in [1.29, 1.82) is 0 Å². The Bertz CT molecular complexity index is 893. The minimum atomic E-state index is -3.65. The molecule has 148 valence electrons. The first-order chi connectivity index (χ1) is 12.5. The Morgan fingerprint density at radius 2 is 0.926 bits per heavy atom. The van der Waals surface area contributed by atoms with E-state index in [9.17, 15) is 16.8 Å². The van der Waals surface area contributed by atoms with E-state index in [1.54, 1.807) is 48.5 Å². The first kappa shape index (κ1) is 22.6. The molecule has 2 aromatic carbocycles. The Morgan fingerprint density at radius 3 is 1.22 bits per heavy atom. The number of nitrogens with zero attached hydrogens (tertiary/aromatic N) is 2. The van der Waals surface area contributed by atoms with E-state index >= 15 is 0 Å². The largest absolute Gasteiger partial charge is 0.252 e. The van der Waals surface area contributed by atoms with Crippen molar-refractivity contribution in [2.24, 2.45) is 0 Å². The Morgan fingerprint density at radius 1 is 0.630 bits per heavy atom. The summed E-state index contributed by atoms with van der Waals surface area (Å²) in [6.45, 7) is 3.76. The van der Waals surface area contributed by atoms with Crippen LogP contribution < -0.4 is 0 Å². The normalized spacial score (nSPS) is 12.7. The molecule has 0 saturated carbocycles. The average Bonchev–Trinajstić information content (AvgIpc) is 2.62. The van der Waals surface area contributed by atoms with Gasteiger partial charge in [-0.3, -0.25) is 0 Å². The average molecular weight is 465 g/mol. The molecule has 0 aliphatic rings. The van der Waals surface area contributed by atoms with Crippen LogP contribution in [0, 0.1) is 13.8 Å². The van der Waals surface area contributed by atoms with Gasteiger partial charge in [0.1, 0.15) is 0 Å². The highest BCUT2D eigenvalue weighted by Crippen LogP contribution is 2.42. The molecule has 6 nitrogen and oxygen atoms in total. The van der Waals surface area contributed by atoms with Crippen LogP contribution in [0.5, 0.6) is 0 Å². The predicted octanol–water partition coefficient (Wildman–Crippen LogP) is 4.10. The third-order valence-corrected chi connectivity index (χ3v) is 12.2. The van der Waals surface area contributed by atoms with Crippen molar-refractivity contribution < 1.29 is 16.8 Å². The Labute approximate surface area is 172 Å². The number of hydrogen-bond acceptors (Lipinski definition) is 7. The van der Waals surface area contributed by atoms with Gasteiger partial charge in [-0.1, -0.05) is 35.4 Å². The lowest BCUT2D eigenvalue weighted by Gasteiger charge is -2.18. The minimum absolute atomic E-state index is 0.189. The fourth-order valence-electron chi connectivity index (χ4n) is 1.90. The molecule has 0 bridgehead atoms. The summed E-state index contributed by atoms with van der Waals surface area (Å²) in [5.41, 5.74) is 1.94. The molecule has 0 aliphatic heterocycles. The summed E-state index contributed by atoms with van der Waals surface area (Å²) in [4.78, 5) is 0.378. The summed E-state index contributed by atoms with van der Waals surface area (Å²) in [7, 11) is -1.51. The van der Waals surface area contributed by atoms with E-state index in [0.29, 0.717) is 0 Å². The topological polar surface area (TPSA) is 74.8 Å². The second-order valence-electron chi connectivity index (χ2n) is 5.67. The summed E-state index contributed by atoms with van der Waals surface area (Å²) in [6, 6.07) is 13.1. The van der Waals surface area contributed by atoms with Crippen LogP contribution in [0.4, 0.5) is 0 Å². The lowest BCUT2D eigenvalue weighted by atomic mass is 10.2. The molecule has 2 rings (SSSR count). The van der Waals surface area contributed by atoms with Crippen molar-refractivity contribution in [3.8, 4) is 0 Å². The van der Waals surface area contributed by atoms with E-state index in [1.807, 2.05) is 13.8 Å². The SMILES string of the molecule is Cc1ccc(S(=O)(=O)N(C)SSSN(C)S(=O)(=O)c2ccc(C)cc2)cc1. The zero-order chi connectivity index (χ0) is 20.2. The van der Waals surface area contributed by atoms with Crippen molar-refractivity contribution in [2.75, 3.05) is 14.1 Å². The fraction of sp³-hybridized carbons (Fsp3) is 0.250. The molecule has 2 aromatic rings. The van der Waals surface area contributed by atoms with Gasteiger partial charge in [0.2, 0.25) is 0 Å². The molecule has 0 atom stereocenters. The molecule has 0 radical (unpaired) electrons. The maximum Gasteiger partial charge on any atom is 0.252 e. The second-order valence-corrected chi connectivity index (χ2v) is 14.1. The van der Waals surface area contributed by atoms with Gasteiger partial charge in [-0.2, -0.15) is 0 Å². The number of rotatable bonds is 8. The number of hydrogen-bond donors (Lipinski definition) is 0. The van der Waals surface area contributed by atoms with E-state index < -0.39 is 20.0 Å². The molecule has 11 heteroatoms. The van der Waals surface area contributed by atoms with Crippen LogP contribution in [0.1, 0.15) is 11.1 Å². The summed E-state index contributed by atoms with van der Waals surface area (Å²) in [5, 5.41) is 0.